The van der Waals surface area contributed by atoms with Crippen molar-refractivity contribution in [2.75, 3.05) is 13.2 Å². The van der Waals surface area contributed by atoms with Gasteiger partial charge in [-0.15, -0.1) is 0 Å². The van der Waals surface area contributed by atoms with Crippen LogP contribution in [0.1, 0.15) is 25.7 Å². The Labute approximate surface area is 109 Å². The van der Waals surface area contributed by atoms with Gasteiger partial charge in [0.25, 0.3) is 0 Å². The van der Waals surface area contributed by atoms with Gasteiger partial charge in [-0.1, -0.05) is 12.2 Å². The summed E-state index contributed by atoms with van der Waals surface area (Å²) in [6, 6.07) is 0.482. The molecule has 3 nitrogen and oxygen atoms in total. The number of hydrogen-bond donors (Lipinski definition) is 1. The second kappa shape index (κ2) is 4.32. The number of nitrogens with two attached hydrogens (primary N) is 1. The predicted molar refractivity (Wildman–Crippen MR) is 69.0 cm³/mol. The average molecular weight is 249 g/mol. The molecule has 0 aromatic carbocycles. The molecular weight excluding hydrogens is 226 g/mol. The predicted octanol–water partition coefficient (Wildman–Crippen LogP) is 1.72. The first-order chi connectivity index (χ1) is 8.79. The summed E-state index contributed by atoms with van der Waals surface area (Å²) in [5.74, 6) is 3.02. The topological polar surface area (TPSA) is 44.5 Å². The molecule has 2 N–H and O–H groups in total. The summed E-state index contributed by atoms with van der Waals surface area (Å²) in [5.41, 5.74) is 6.09. The van der Waals surface area contributed by atoms with Gasteiger partial charge >= 0.3 is 0 Å². The lowest BCUT2D eigenvalue weighted by molar-refractivity contribution is 0.0356. The molecule has 4 rings (SSSR count). The maximum atomic E-state index is 6.09. The molecule has 1 saturated heterocycles. The Morgan fingerprint density at radius 2 is 1.89 bits per heavy atom. The van der Waals surface area contributed by atoms with E-state index in [1.54, 1.807) is 0 Å². The second-order valence-corrected chi connectivity index (χ2v) is 6.71. The number of rotatable bonds is 4. The van der Waals surface area contributed by atoms with Gasteiger partial charge in [-0.3, -0.25) is 0 Å². The van der Waals surface area contributed by atoms with Crippen molar-refractivity contribution in [1.82, 2.24) is 0 Å². The highest BCUT2D eigenvalue weighted by Crippen LogP contribution is 2.47. The van der Waals surface area contributed by atoms with Crippen molar-refractivity contribution >= 4 is 0 Å². The smallest absolute Gasteiger partial charge is 0.0816 e. The summed E-state index contributed by atoms with van der Waals surface area (Å²) < 4.78 is 11.8. The molecule has 3 heteroatoms. The van der Waals surface area contributed by atoms with E-state index in [-0.39, 0.29) is 0 Å². The summed E-state index contributed by atoms with van der Waals surface area (Å²) in [5, 5.41) is 0. The van der Waals surface area contributed by atoms with Gasteiger partial charge in [-0.05, 0) is 43.4 Å². The Hall–Kier alpha value is -0.380. The van der Waals surface area contributed by atoms with Crippen molar-refractivity contribution in [2.24, 2.45) is 29.4 Å². The third-order valence-corrected chi connectivity index (χ3v) is 5.57. The number of hydrogen-bond acceptors (Lipinski definition) is 3. The van der Waals surface area contributed by atoms with Gasteiger partial charge in [-0.25, -0.2) is 0 Å². The molecule has 0 aromatic heterocycles. The molecule has 2 heterocycles. The van der Waals surface area contributed by atoms with E-state index in [1.807, 2.05) is 0 Å². The zero-order valence-electron chi connectivity index (χ0n) is 10.8. The van der Waals surface area contributed by atoms with E-state index in [0.29, 0.717) is 24.2 Å². The molecule has 0 radical (unpaired) electrons. The standard InChI is InChI=1S/C15H23NO2/c16-14-6-9-3-10(14)4-11(9)7-17-8-12-5-13-1-2-15(12)18-13/h1-2,9-15H,3-8,16H2. The molecule has 2 saturated carbocycles. The van der Waals surface area contributed by atoms with Crippen LogP contribution in [0.5, 0.6) is 0 Å². The molecule has 4 aliphatic rings. The molecule has 18 heavy (non-hydrogen) atoms. The van der Waals surface area contributed by atoms with Gasteiger partial charge < -0.3 is 15.2 Å². The summed E-state index contributed by atoms with van der Waals surface area (Å²) in [6.07, 6.45) is 10.2. The van der Waals surface area contributed by atoms with Crippen LogP contribution in [-0.4, -0.2) is 31.5 Å². The van der Waals surface area contributed by atoms with E-state index in [9.17, 15) is 0 Å². The first kappa shape index (κ1) is 11.4. The highest BCUT2D eigenvalue weighted by molar-refractivity contribution is 5.10. The van der Waals surface area contributed by atoms with Gasteiger partial charge in [-0.2, -0.15) is 0 Å². The Bertz CT molecular complexity index is 354. The molecule has 2 aliphatic heterocycles. The third-order valence-electron chi connectivity index (χ3n) is 5.57. The van der Waals surface area contributed by atoms with E-state index >= 15 is 0 Å². The number of fused-ring (bicyclic) bond motifs is 4. The van der Waals surface area contributed by atoms with Crippen molar-refractivity contribution < 1.29 is 9.47 Å². The van der Waals surface area contributed by atoms with Crippen molar-refractivity contribution in [3.8, 4) is 0 Å². The average Bonchev–Trinajstić information content (AvgIpc) is 3.07. The lowest BCUT2D eigenvalue weighted by Gasteiger charge is -2.26. The van der Waals surface area contributed by atoms with Crippen molar-refractivity contribution in [3.63, 3.8) is 0 Å². The van der Waals surface area contributed by atoms with Gasteiger partial charge in [0.05, 0.1) is 18.8 Å². The monoisotopic (exact) mass is 249 g/mol. The van der Waals surface area contributed by atoms with E-state index in [0.717, 1.165) is 37.4 Å². The fraction of sp³-hybridized carbons (Fsp3) is 0.867. The lowest BCUT2D eigenvalue weighted by atomic mass is 9.87. The molecule has 2 aliphatic carbocycles. The summed E-state index contributed by atoms with van der Waals surface area (Å²) in [4.78, 5) is 0. The van der Waals surface area contributed by atoms with E-state index < -0.39 is 0 Å². The molecule has 0 amide bonds. The summed E-state index contributed by atoms with van der Waals surface area (Å²) in [6.45, 7) is 1.83. The minimum atomic E-state index is 0.337. The van der Waals surface area contributed by atoms with Crippen molar-refractivity contribution in [1.29, 1.82) is 0 Å². The van der Waals surface area contributed by atoms with Crippen LogP contribution in [-0.2, 0) is 9.47 Å². The molecule has 100 valence electrons. The summed E-state index contributed by atoms with van der Waals surface area (Å²) in [7, 11) is 0. The highest BCUT2D eigenvalue weighted by Gasteiger charge is 2.44. The van der Waals surface area contributed by atoms with E-state index in [2.05, 4.69) is 12.2 Å². The van der Waals surface area contributed by atoms with Gasteiger partial charge in [0, 0.05) is 18.6 Å². The first-order valence-corrected chi connectivity index (χ1v) is 7.46. The zero-order chi connectivity index (χ0) is 12.1. The minimum Gasteiger partial charge on any atom is -0.381 e. The lowest BCUT2D eigenvalue weighted by Crippen LogP contribution is -2.31. The van der Waals surface area contributed by atoms with Crippen LogP contribution in [0.2, 0.25) is 0 Å². The first-order valence-electron chi connectivity index (χ1n) is 7.46. The maximum Gasteiger partial charge on any atom is 0.0816 e. The van der Waals surface area contributed by atoms with E-state index in [4.69, 9.17) is 15.2 Å². The molecule has 4 bridgehead atoms. The Morgan fingerprint density at radius 1 is 1.00 bits per heavy atom. The zero-order valence-corrected chi connectivity index (χ0v) is 10.8. The molecular formula is C15H23NO2. The van der Waals surface area contributed by atoms with Gasteiger partial charge in [0.2, 0.25) is 0 Å². The van der Waals surface area contributed by atoms with Crippen molar-refractivity contribution in [2.45, 2.75) is 43.9 Å². The summed E-state index contributed by atoms with van der Waals surface area (Å²) >= 11 is 0. The molecule has 3 fully saturated rings. The van der Waals surface area contributed by atoms with Crippen LogP contribution in [0.4, 0.5) is 0 Å². The number of ether oxygens (including phenoxy) is 2. The van der Waals surface area contributed by atoms with Crippen molar-refractivity contribution in [3.05, 3.63) is 12.2 Å². The highest BCUT2D eigenvalue weighted by atomic mass is 16.5. The largest absolute Gasteiger partial charge is 0.381 e. The fourth-order valence-corrected chi connectivity index (χ4v) is 4.54. The van der Waals surface area contributed by atoms with Gasteiger partial charge in [0.1, 0.15) is 0 Å². The Morgan fingerprint density at radius 3 is 2.50 bits per heavy atom. The van der Waals surface area contributed by atoms with Crippen LogP contribution in [0.25, 0.3) is 0 Å². The Kier molecular flexibility index (Phi) is 2.75. The SMILES string of the molecule is NC1CC2CC1CC2COCC1CC2C=CC1O2. The normalized spacial score (nSPS) is 52.6. The molecule has 7 atom stereocenters. The Balaban J connectivity index is 1.23. The third kappa shape index (κ3) is 1.84. The fourth-order valence-electron chi connectivity index (χ4n) is 4.54. The van der Waals surface area contributed by atoms with Crippen LogP contribution in [0, 0.1) is 23.7 Å². The van der Waals surface area contributed by atoms with Crippen LogP contribution >= 0.6 is 0 Å². The minimum absolute atomic E-state index is 0.337. The molecule has 0 spiro atoms. The quantitative estimate of drug-likeness (QED) is 0.772. The van der Waals surface area contributed by atoms with Crippen LogP contribution in [0.3, 0.4) is 0 Å². The second-order valence-electron chi connectivity index (χ2n) is 6.71. The van der Waals surface area contributed by atoms with E-state index in [1.165, 1.54) is 19.3 Å². The molecule has 7 unspecified atom stereocenters. The van der Waals surface area contributed by atoms with Gasteiger partial charge in [0.15, 0.2) is 0 Å². The van der Waals surface area contributed by atoms with Crippen LogP contribution < -0.4 is 5.73 Å². The van der Waals surface area contributed by atoms with Crippen LogP contribution in [0.15, 0.2) is 12.2 Å². The maximum absolute atomic E-state index is 6.09. The molecule has 0 aromatic rings.